The van der Waals surface area contributed by atoms with Gasteiger partial charge < -0.3 is 14.8 Å². The number of amidine groups is 1. The van der Waals surface area contributed by atoms with Crippen LogP contribution < -0.4 is 19.5 Å². The highest BCUT2D eigenvalue weighted by molar-refractivity contribution is 7.90. The number of aliphatic imine (C=N–C) groups is 1. The quantitative estimate of drug-likeness (QED) is 0.574. The molecule has 2 aromatic carbocycles. The van der Waals surface area contributed by atoms with Gasteiger partial charge in [-0.15, -0.1) is 11.3 Å². The number of hydrogen-bond donors (Lipinski definition) is 2. The molecule has 0 fully saturated rings. The van der Waals surface area contributed by atoms with Gasteiger partial charge in [-0.05, 0) is 36.2 Å². The lowest BCUT2D eigenvalue weighted by Crippen LogP contribution is -2.34. The second-order valence-corrected chi connectivity index (χ2v) is 10.4. The number of sulfonamides is 1. The van der Waals surface area contributed by atoms with Crippen LogP contribution in [0.5, 0.6) is 11.5 Å². The van der Waals surface area contributed by atoms with Gasteiger partial charge >= 0.3 is 0 Å². The average molecular weight is 485 g/mol. The Labute approximate surface area is 194 Å². The van der Waals surface area contributed by atoms with Gasteiger partial charge in [-0.1, -0.05) is 26.0 Å². The molecule has 3 heterocycles. The van der Waals surface area contributed by atoms with Crippen LogP contribution in [0.4, 0.5) is 5.13 Å². The fourth-order valence-electron chi connectivity index (χ4n) is 3.58. The summed E-state index contributed by atoms with van der Waals surface area (Å²) in [6.07, 6.45) is 0. The van der Waals surface area contributed by atoms with E-state index in [9.17, 15) is 13.2 Å². The third kappa shape index (κ3) is 4.05. The molecule has 1 amide bonds. The van der Waals surface area contributed by atoms with Crippen molar-refractivity contribution in [2.45, 2.75) is 24.8 Å². The van der Waals surface area contributed by atoms with Crippen molar-refractivity contribution in [2.75, 3.05) is 12.1 Å². The molecule has 1 aromatic heterocycles. The van der Waals surface area contributed by atoms with Crippen LogP contribution in [0.15, 0.2) is 57.7 Å². The van der Waals surface area contributed by atoms with Gasteiger partial charge in [-0.2, -0.15) is 0 Å². The van der Waals surface area contributed by atoms with Crippen LogP contribution >= 0.6 is 11.3 Å². The van der Waals surface area contributed by atoms with Crippen LogP contribution in [0.3, 0.4) is 0 Å². The number of nitrogens with zero attached hydrogens (tertiary/aromatic N) is 2. The van der Waals surface area contributed by atoms with Crippen LogP contribution in [-0.4, -0.2) is 38.0 Å². The molecule has 0 spiro atoms. The monoisotopic (exact) mass is 484 g/mol. The van der Waals surface area contributed by atoms with E-state index in [1.165, 1.54) is 17.4 Å². The molecule has 2 N–H and O–H groups in total. The number of benzene rings is 2. The van der Waals surface area contributed by atoms with Crippen molar-refractivity contribution in [3.8, 4) is 22.8 Å². The van der Waals surface area contributed by atoms with Crippen LogP contribution in [0.1, 0.15) is 19.4 Å². The maximum Gasteiger partial charge on any atom is 0.263 e. The number of carbonyl (C=O) groups is 1. The number of anilines is 1. The van der Waals surface area contributed by atoms with Gasteiger partial charge in [0.15, 0.2) is 16.6 Å². The summed E-state index contributed by atoms with van der Waals surface area (Å²) in [7, 11) is -3.68. The van der Waals surface area contributed by atoms with Crippen LogP contribution in [0.2, 0.25) is 0 Å². The largest absolute Gasteiger partial charge is 0.454 e. The molecule has 5 rings (SSSR count). The Balaban J connectivity index is 1.37. The molecule has 1 atom stereocenters. The van der Waals surface area contributed by atoms with E-state index in [-0.39, 0.29) is 29.3 Å². The summed E-state index contributed by atoms with van der Waals surface area (Å²) in [5.74, 6) is 0.960. The van der Waals surface area contributed by atoms with Crippen molar-refractivity contribution in [1.29, 1.82) is 0 Å². The van der Waals surface area contributed by atoms with Gasteiger partial charge in [0.05, 0.1) is 10.6 Å². The van der Waals surface area contributed by atoms with Crippen molar-refractivity contribution in [3.05, 3.63) is 53.4 Å². The van der Waals surface area contributed by atoms with E-state index in [0.717, 1.165) is 5.56 Å². The summed E-state index contributed by atoms with van der Waals surface area (Å²) in [5.41, 5.74) is 1.99. The molecule has 0 saturated carbocycles. The van der Waals surface area contributed by atoms with E-state index in [0.29, 0.717) is 27.9 Å². The molecule has 3 aromatic rings. The van der Waals surface area contributed by atoms with E-state index in [2.05, 4.69) is 20.0 Å². The molecule has 0 radical (unpaired) electrons. The molecule has 11 heteroatoms. The van der Waals surface area contributed by atoms with Gasteiger partial charge in [0.25, 0.3) is 15.9 Å². The first-order chi connectivity index (χ1) is 15.8. The summed E-state index contributed by atoms with van der Waals surface area (Å²) in [5, 5.41) is 5.07. The Hall–Kier alpha value is -3.44. The lowest BCUT2D eigenvalue weighted by Gasteiger charge is -2.16. The average Bonchev–Trinajstić information content (AvgIpc) is 3.49. The standard InChI is InChI=1S/C22H20N4O5S2/c1-12(2)19(24-20-14-5-3-4-6-18(14)33(28,29)26-20)21(27)25-22-23-15(10-32-22)13-7-8-16-17(9-13)31-11-30-16/h3-10,12,19H,11H2,1-2H3,(H,24,26)(H,23,25,27)/t19-/m0/s1. The zero-order valence-electron chi connectivity index (χ0n) is 17.7. The third-order valence-corrected chi connectivity index (χ3v) is 7.39. The summed E-state index contributed by atoms with van der Waals surface area (Å²) in [4.78, 5) is 22.2. The Morgan fingerprint density at radius 2 is 1.97 bits per heavy atom. The molecule has 0 saturated heterocycles. The highest BCUT2D eigenvalue weighted by Crippen LogP contribution is 2.36. The molecule has 0 aliphatic carbocycles. The predicted octanol–water partition coefficient (Wildman–Crippen LogP) is 3.24. The molecule has 0 bridgehead atoms. The number of rotatable bonds is 5. The molecule has 33 heavy (non-hydrogen) atoms. The molecule has 2 aliphatic rings. The number of amides is 1. The predicted molar refractivity (Wildman–Crippen MR) is 124 cm³/mol. The zero-order chi connectivity index (χ0) is 23.2. The number of fused-ring (bicyclic) bond motifs is 2. The summed E-state index contributed by atoms with van der Waals surface area (Å²) in [6.45, 7) is 3.89. The lowest BCUT2D eigenvalue weighted by atomic mass is 10.0. The van der Waals surface area contributed by atoms with Gasteiger partial charge in [-0.3, -0.25) is 14.5 Å². The topological polar surface area (TPSA) is 119 Å². The molecular weight excluding hydrogens is 464 g/mol. The van der Waals surface area contributed by atoms with Gasteiger partial charge in [0, 0.05) is 16.5 Å². The van der Waals surface area contributed by atoms with Crippen molar-refractivity contribution in [3.63, 3.8) is 0 Å². The van der Waals surface area contributed by atoms with Crippen molar-refractivity contribution < 1.29 is 22.7 Å². The third-order valence-electron chi connectivity index (χ3n) is 5.23. The van der Waals surface area contributed by atoms with E-state index in [4.69, 9.17) is 9.47 Å². The molecule has 170 valence electrons. The van der Waals surface area contributed by atoms with Crippen LogP contribution in [0, 0.1) is 5.92 Å². The number of hydrogen-bond acceptors (Lipinski definition) is 8. The number of carbonyl (C=O) groups excluding carboxylic acids is 1. The first-order valence-electron chi connectivity index (χ1n) is 10.2. The van der Waals surface area contributed by atoms with Crippen molar-refractivity contribution in [2.24, 2.45) is 10.9 Å². The zero-order valence-corrected chi connectivity index (χ0v) is 19.4. The number of thiazole rings is 1. The Morgan fingerprint density at radius 1 is 1.18 bits per heavy atom. The van der Waals surface area contributed by atoms with Crippen molar-refractivity contribution in [1.82, 2.24) is 9.71 Å². The number of nitrogens with one attached hydrogen (secondary N) is 2. The van der Waals surface area contributed by atoms with Gasteiger partial charge in [0.1, 0.15) is 11.9 Å². The number of ether oxygens (including phenoxy) is 2. The molecular formula is C22H20N4O5S2. The first-order valence-corrected chi connectivity index (χ1v) is 12.5. The second-order valence-electron chi connectivity index (χ2n) is 7.86. The minimum atomic E-state index is -3.68. The number of aromatic nitrogens is 1. The summed E-state index contributed by atoms with van der Waals surface area (Å²) < 4.78 is 37.9. The molecule has 2 aliphatic heterocycles. The highest BCUT2D eigenvalue weighted by atomic mass is 32.2. The van der Waals surface area contributed by atoms with E-state index in [1.54, 1.807) is 18.2 Å². The van der Waals surface area contributed by atoms with Crippen LogP contribution in [-0.2, 0) is 14.8 Å². The smallest absolute Gasteiger partial charge is 0.263 e. The minimum absolute atomic E-state index is 0.153. The van der Waals surface area contributed by atoms with Crippen molar-refractivity contribution >= 4 is 38.2 Å². The Morgan fingerprint density at radius 3 is 2.79 bits per heavy atom. The molecule has 0 unspecified atom stereocenters. The van der Waals surface area contributed by atoms with E-state index < -0.39 is 16.1 Å². The first kappa shape index (κ1) is 21.4. The summed E-state index contributed by atoms with van der Waals surface area (Å²) >= 11 is 1.29. The van der Waals surface area contributed by atoms with Crippen LogP contribution in [0.25, 0.3) is 11.3 Å². The normalized spacial score (nSPS) is 17.6. The highest BCUT2D eigenvalue weighted by Gasteiger charge is 2.32. The van der Waals surface area contributed by atoms with E-state index in [1.807, 2.05) is 37.4 Å². The van der Waals surface area contributed by atoms with E-state index >= 15 is 0 Å². The molecule has 9 nitrogen and oxygen atoms in total. The minimum Gasteiger partial charge on any atom is -0.454 e. The Kier molecular flexibility index (Phi) is 5.29. The second kappa shape index (κ2) is 8.16. The Bertz CT molecular complexity index is 1380. The summed E-state index contributed by atoms with van der Waals surface area (Å²) in [6, 6.07) is 11.3. The van der Waals surface area contributed by atoms with Gasteiger partial charge in [-0.25, -0.2) is 13.4 Å². The SMILES string of the molecule is CC(C)[C@H](N=C1NS(=O)(=O)c2ccccc21)C(=O)Nc1nc(-c2ccc3c(c2)OCO3)cs1. The fraction of sp³-hybridized carbons (Fsp3) is 0.227. The fourth-order valence-corrected chi connectivity index (χ4v) is 5.54. The maximum absolute atomic E-state index is 13.0. The lowest BCUT2D eigenvalue weighted by molar-refractivity contribution is -0.118. The van der Waals surface area contributed by atoms with Gasteiger partial charge in [0.2, 0.25) is 6.79 Å². The maximum atomic E-state index is 13.0.